The molecule has 0 unspecified atom stereocenters. The lowest BCUT2D eigenvalue weighted by atomic mass is 10.0. The van der Waals surface area contributed by atoms with Crippen molar-refractivity contribution in [3.05, 3.63) is 76.4 Å². The summed E-state index contributed by atoms with van der Waals surface area (Å²) in [6.45, 7) is 8.18. The highest BCUT2D eigenvalue weighted by molar-refractivity contribution is 9.11. The Balaban J connectivity index is 3.47. The van der Waals surface area contributed by atoms with Crippen molar-refractivity contribution in [3.8, 4) is 5.75 Å². The maximum atomic E-state index is 13.1. The van der Waals surface area contributed by atoms with Crippen molar-refractivity contribution in [2.75, 3.05) is 19.7 Å². The van der Waals surface area contributed by atoms with Crippen LogP contribution in [-0.2, 0) is 9.53 Å². The van der Waals surface area contributed by atoms with E-state index >= 15 is 0 Å². The maximum Gasteiger partial charge on any atom is 0.387 e. The number of esters is 1. The maximum absolute atomic E-state index is 13.1. The van der Waals surface area contributed by atoms with Crippen LogP contribution in [0.15, 0.2) is 70.8 Å². The molecule has 0 spiro atoms. The van der Waals surface area contributed by atoms with Crippen LogP contribution in [0, 0.1) is 0 Å². The van der Waals surface area contributed by atoms with Gasteiger partial charge in [0.2, 0.25) is 5.78 Å². The molecule has 0 aliphatic rings. The van der Waals surface area contributed by atoms with E-state index in [-0.39, 0.29) is 32.4 Å². The Morgan fingerprint density at radius 2 is 1.72 bits per heavy atom. The van der Waals surface area contributed by atoms with Gasteiger partial charge in [0, 0.05) is 24.9 Å². The Hall–Kier alpha value is -2.26. The Kier molecular flexibility index (Phi) is 10.5. The van der Waals surface area contributed by atoms with Gasteiger partial charge < -0.3 is 14.4 Å². The fourth-order valence-corrected chi connectivity index (χ4v) is 3.47. The van der Waals surface area contributed by atoms with E-state index < -0.39 is 18.4 Å². The van der Waals surface area contributed by atoms with Crippen molar-refractivity contribution >= 4 is 43.6 Å². The van der Waals surface area contributed by atoms with Crippen LogP contribution < -0.4 is 4.74 Å². The number of alkyl halides is 2. The van der Waals surface area contributed by atoms with Crippen LogP contribution in [0.25, 0.3) is 0 Å². The fraction of sp³-hybridized carbons (Fsp3) is 0.200. The number of rotatable bonds is 12. The van der Waals surface area contributed by atoms with Crippen molar-refractivity contribution in [1.82, 2.24) is 4.90 Å². The van der Waals surface area contributed by atoms with Gasteiger partial charge in [-0.1, -0.05) is 24.8 Å². The van der Waals surface area contributed by atoms with Crippen molar-refractivity contribution in [3.63, 3.8) is 0 Å². The molecular weight excluding hydrogens is 516 g/mol. The van der Waals surface area contributed by atoms with Crippen molar-refractivity contribution in [1.29, 1.82) is 0 Å². The number of Topliss-reactive ketones (excluding diaryl/α,β-unsaturated/α-hetero) is 1. The van der Waals surface area contributed by atoms with Crippen LogP contribution in [-0.4, -0.2) is 43.0 Å². The number of carbonyl (C=O) groups excluding carboxylic acids is 2. The monoisotopic (exact) mass is 533 g/mol. The summed E-state index contributed by atoms with van der Waals surface area (Å²) in [6, 6.07) is 2.74. The zero-order valence-corrected chi connectivity index (χ0v) is 18.5. The lowest BCUT2D eigenvalue weighted by molar-refractivity contribution is -0.137. The molecule has 0 bridgehead atoms. The highest BCUT2D eigenvalue weighted by atomic mass is 79.9. The van der Waals surface area contributed by atoms with Gasteiger partial charge in [0.15, 0.2) is 5.75 Å². The van der Waals surface area contributed by atoms with Crippen LogP contribution in [0.5, 0.6) is 5.75 Å². The molecule has 156 valence electrons. The summed E-state index contributed by atoms with van der Waals surface area (Å²) in [5.74, 6) is -1.89. The molecule has 0 saturated carbocycles. The van der Waals surface area contributed by atoms with E-state index in [4.69, 9.17) is 4.74 Å². The Bertz CT molecular complexity index is 815. The lowest BCUT2D eigenvalue weighted by Gasteiger charge is -2.19. The van der Waals surface area contributed by atoms with Gasteiger partial charge in [0.05, 0.1) is 8.95 Å². The smallest absolute Gasteiger partial charge is 0.387 e. The zero-order chi connectivity index (χ0) is 22.0. The number of ether oxygens (including phenoxy) is 2. The van der Waals surface area contributed by atoms with E-state index in [1.54, 1.807) is 17.1 Å². The van der Waals surface area contributed by atoms with Crippen molar-refractivity contribution < 1.29 is 27.8 Å². The molecule has 0 saturated heterocycles. The molecule has 0 aliphatic heterocycles. The first-order chi connectivity index (χ1) is 13.8. The van der Waals surface area contributed by atoms with Crippen LogP contribution in [0.1, 0.15) is 10.4 Å². The van der Waals surface area contributed by atoms with Crippen LogP contribution in [0.2, 0.25) is 0 Å². The molecule has 0 N–H and O–H groups in total. The molecule has 0 aromatic heterocycles. The molecule has 1 aromatic rings. The molecular formula is C20H19Br2F2NO4. The van der Waals surface area contributed by atoms with Crippen molar-refractivity contribution in [2.45, 2.75) is 6.61 Å². The van der Waals surface area contributed by atoms with E-state index in [0.29, 0.717) is 13.1 Å². The van der Waals surface area contributed by atoms with Gasteiger partial charge >= 0.3 is 12.6 Å². The number of nitrogens with zero attached hydrogens (tertiary/aromatic N) is 1. The number of carbonyl (C=O) groups is 2. The first-order valence-electron chi connectivity index (χ1n) is 8.19. The summed E-state index contributed by atoms with van der Waals surface area (Å²) in [7, 11) is 0. The Morgan fingerprint density at radius 3 is 2.24 bits per heavy atom. The van der Waals surface area contributed by atoms with Gasteiger partial charge in [0.25, 0.3) is 0 Å². The minimum atomic E-state index is -3.10. The van der Waals surface area contributed by atoms with Crippen LogP contribution >= 0.6 is 31.9 Å². The van der Waals surface area contributed by atoms with Gasteiger partial charge in [-0.15, -0.1) is 13.2 Å². The quantitative estimate of drug-likeness (QED) is 0.0911. The van der Waals surface area contributed by atoms with Crippen LogP contribution in [0.4, 0.5) is 8.78 Å². The second-order valence-corrected chi connectivity index (χ2v) is 7.05. The minimum Gasteiger partial charge on any atom is -0.458 e. The second kappa shape index (κ2) is 12.3. The molecule has 0 aliphatic carbocycles. The highest BCUT2D eigenvalue weighted by Gasteiger charge is 2.27. The number of ketones is 1. The summed E-state index contributed by atoms with van der Waals surface area (Å²) >= 11 is 6.20. The Labute approximate surface area is 184 Å². The molecule has 1 rings (SSSR count). The predicted octanol–water partition coefficient (Wildman–Crippen LogP) is 5.28. The fourth-order valence-electron chi connectivity index (χ4n) is 2.16. The number of halogens is 4. The SMILES string of the molecule is C=CCOC(=O)C(=CN(CC=C)CC=C)C(=O)c1ccc(Br)c(OC(F)F)c1Br. The molecule has 0 radical (unpaired) electrons. The van der Waals surface area contributed by atoms with E-state index in [1.807, 2.05) is 0 Å². The topological polar surface area (TPSA) is 55.8 Å². The summed E-state index contributed by atoms with van der Waals surface area (Å²) in [5.41, 5.74) is -0.357. The van der Waals surface area contributed by atoms with E-state index in [0.717, 1.165) is 0 Å². The van der Waals surface area contributed by atoms with E-state index in [2.05, 4.69) is 56.3 Å². The van der Waals surface area contributed by atoms with E-state index in [1.165, 1.54) is 24.4 Å². The van der Waals surface area contributed by atoms with E-state index in [9.17, 15) is 18.4 Å². The average Bonchev–Trinajstić information content (AvgIpc) is 2.67. The number of hydrogen-bond donors (Lipinski definition) is 0. The van der Waals surface area contributed by atoms with Gasteiger partial charge in [0.1, 0.15) is 12.2 Å². The molecule has 0 atom stereocenters. The molecule has 0 heterocycles. The third-order valence-corrected chi connectivity index (χ3v) is 4.75. The summed E-state index contributed by atoms with van der Waals surface area (Å²) in [4.78, 5) is 27.2. The third kappa shape index (κ3) is 7.25. The highest BCUT2D eigenvalue weighted by Crippen LogP contribution is 2.38. The molecule has 29 heavy (non-hydrogen) atoms. The largest absolute Gasteiger partial charge is 0.458 e. The first-order valence-corrected chi connectivity index (χ1v) is 9.78. The zero-order valence-electron chi connectivity index (χ0n) is 15.4. The molecule has 0 amide bonds. The lowest BCUT2D eigenvalue weighted by Crippen LogP contribution is -2.24. The minimum absolute atomic E-state index is 0.0291. The second-order valence-electron chi connectivity index (χ2n) is 5.41. The van der Waals surface area contributed by atoms with Crippen LogP contribution in [0.3, 0.4) is 0 Å². The molecule has 5 nitrogen and oxygen atoms in total. The summed E-state index contributed by atoms with van der Waals surface area (Å²) < 4.78 is 35.1. The standard InChI is InChI=1S/C20H19Br2F2NO4/c1-4-9-25(10-5-2)12-14(19(27)28-11-6-3)17(26)13-7-8-15(21)18(16(13)22)29-20(23)24/h4-8,12,20H,1-3,9-11H2. The third-order valence-electron chi connectivity index (χ3n) is 3.34. The van der Waals surface area contributed by atoms with Gasteiger partial charge in [-0.2, -0.15) is 8.78 Å². The first kappa shape index (κ1) is 24.8. The van der Waals surface area contributed by atoms with Crippen molar-refractivity contribution in [2.24, 2.45) is 0 Å². The van der Waals surface area contributed by atoms with Gasteiger partial charge in [-0.25, -0.2) is 4.79 Å². The average molecular weight is 535 g/mol. The molecule has 0 fully saturated rings. The predicted molar refractivity (Wildman–Crippen MR) is 114 cm³/mol. The molecule has 9 heteroatoms. The van der Waals surface area contributed by atoms with Gasteiger partial charge in [-0.3, -0.25) is 4.79 Å². The number of hydrogen-bond acceptors (Lipinski definition) is 5. The number of benzene rings is 1. The molecule has 1 aromatic carbocycles. The Morgan fingerprint density at radius 1 is 1.10 bits per heavy atom. The van der Waals surface area contributed by atoms with Gasteiger partial charge in [-0.05, 0) is 44.0 Å². The normalized spacial score (nSPS) is 11.0. The summed E-state index contributed by atoms with van der Waals surface area (Å²) in [6.07, 6.45) is 5.84. The summed E-state index contributed by atoms with van der Waals surface area (Å²) in [5, 5.41) is 0.